The van der Waals surface area contributed by atoms with Gasteiger partial charge in [-0.05, 0) is 0 Å². The number of unbranched alkanes of at least 4 members (excludes halogenated alkanes) is 5. The maximum Gasteiger partial charge on any atom is 2.00 e. The van der Waals surface area contributed by atoms with Crippen LogP contribution in [0, 0.1) is 6.42 Å². The van der Waals surface area contributed by atoms with E-state index in [0.717, 1.165) is 0 Å². The molecule has 0 aliphatic carbocycles. The van der Waals surface area contributed by atoms with Crippen molar-refractivity contribution < 1.29 is 24.0 Å². The molecule has 0 aromatic carbocycles. The van der Waals surface area contributed by atoms with Crippen molar-refractivity contribution in [2.75, 3.05) is 0 Å². The molecule has 0 amide bonds. The molecule has 10 heavy (non-hydrogen) atoms. The van der Waals surface area contributed by atoms with Gasteiger partial charge in [0.1, 0.15) is 0 Å². The molecule has 0 saturated heterocycles. The second-order valence-electron chi connectivity index (χ2n) is 2.26. The quantitative estimate of drug-likeness (QED) is 0.279. The van der Waals surface area contributed by atoms with Crippen molar-refractivity contribution in [2.45, 2.75) is 46.0 Å². The summed E-state index contributed by atoms with van der Waals surface area (Å²) in [4.78, 5) is 0. The van der Waals surface area contributed by atoms with E-state index in [1.54, 1.807) is 0 Å². The molecule has 0 radical (unpaired) electrons. The SMILES string of the molecule is C[CH-]CCCCCC.[I-].[Mg+2]. The van der Waals surface area contributed by atoms with Crippen LogP contribution in [0.5, 0.6) is 0 Å². The summed E-state index contributed by atoms with van der Waals surface area (Å²) in [5.41, 5.74) is 0. The van der Waals surface area contributed by atoms with E-state index in [-0.39, 0.29) is 47.0 Å². The van der Waals surface area contributed by atoms with Crippen LogP contribution in [0.2, 0.25) is 0 Å². The second-order valence-corrected chi connectivity index (χ2v) is 2.26. The average Bonchev–Trinajstić information content (AvgIpc) is 1.81. The van der Waals surface area contributed by atoms with Crippen molar-refractivity contribution in [1.29, 1.82) is 0 Å². The van der Waals surface area contributed by atoms with Crippen LogP contribution in [0.25, 0.3) is 0 Å². The van der Waals surface area contributed by atoms with Crippen LogP contribution >= 0.6 is 0 Å². The Morgan fingerprint density at radius 3 is 2.10 bits per heavy atom. The first kappa shape index (κ1) is 17.5. The molecule has 0 atom stereocenters. The summed E-state index contributed by atoms with van der Waals surface area (Å²) in [5.74, 6) is 0. The van der Waals surface area contributed by atoms with Crippen molar-refractivity contribution in [1.82, 2.24) is 0 Å². The zero-order chi connectivity index (χ0) is 6.24. The fraction of sp³-hybridized carbons (Fsp3) is 0.875. The first-order valence-corrected chi connectivity index (χ1v) is 3.69. The molecule has 0 saturated carbocycles. The number of rotatable bonds is 5. The molecule has 0 nitrogen and oxygen atoms in total. The molecular formula is C8H17IMg. The van der Waals surface area contributed by atoms with Gasteiger partial charge in [0.15, 0.2) is 0 Å². The first-order valence-electron chi connectivity index (χ1n) is 3.69. The molecule has 0 unspecified atom stereocenters. The molecule has 0 aliphatic rings. The Morgan fingerprint density at radius 2 is 1.70 bits per heavy atom. The van der Waals surface area contributed by atoms with Crippen LogP contribution in [0.15, 0.2) is 0 Å². The number of hydrogen-bond acceptors (Lipinski definition) is 0. The van der Waals surface area contributed by atoms with Crippen molar-refractivity contribution in [3.63, 3.8) is 0 Å². The first-order chi connectivity index (χ1) is 3.91. The third-order valence-corrected chi connectivity index (χ3v) is 1.35. The van der Waals surface area contributed by atoms with E-state index in [1.807, 2.05) is 0 Å². The molecule has 58 valence electrons. The van der Waals surface area contributed by atoms with Gasteiger partial charge in [-0.25, -0.2) is 0 Å². The monoisotopic (exact) mass is 264 g/mol. The van der Waals surface area contributed by atoms with Gasteiger partial charge < -0.3 is 30.4 Å². The van der Waals surface area contributed by atoms with Gasteiger partial charge in [0, 0.05) is 0 Å². The van der Waals surface area contributed by atoms with Crippen molar-refractivity contribution in [3.8, 4) is 0 Å². The van der Waals surface area contributed by atoms with Crippen molar-refractivity contribution in [2.24, 2.45) is 0 Å². The minimum absolute atomic E-state index is 0. The van der Waals surface area contributed by atoms with Gasteiger partial charge >= 0.3 is 23.1 Å². The third-order valence-electron chi connectivity index (χ3n) is 1.35. The molecule has 0 aromatic rings. The Labute approximate surface area is 98.7 Å². The van der Waals surface area contributed by atoms with E-state index in [9.17, 15) is 0 Å². The maximum absolute atomic E-state index is 2.25. The molecule has 0 aliphatic heterocycles. The molecule has 0 heterocycles. The average molecular weight is 264 g/mol. The van der Waals surface area contributed by atoms with Gasteiger partial charge in [-0.15, -0.1) is 0 Å². The summed E-state index contributed by atoms with van der Waals surface area (Å²) in [6.45, 7) is 4.38. The summed E-state index contributed by atoms with van der Waals surface area (Å²) in [6, 6.07) is 0. The van der Waals surface area contributed by atoms with E-state index in [0.29, 0.717) is 0 Å². The minimum Gasteiger partial charge on any atom is -1.00 e. The van der Waals surface area contributed by atoms with Gasteiger partial charge in [-0.3, -0.25) is 0 Å². The van der Waals surface area contributed by atoms with Gasteiger partial charge in [0.2, 0.25) is 0 Å². The Kier molecular flexibility index (Phi) is 29.6. The predicted molar refractivity (Wildman–Crippen MR) is 44.5 cm³/mol. The maximum atomic E-state index is 2.25. The van der Waals surface area contributed by atoms with Gasteiger partial charge in [0.25, 0.3) is 0 Å². The Morgan fingerprint density at radius 1 is 1.10 bits per heavy atom. The number of halogens is 1. The van der Waals surface area contributed by atoms with E-state index in [2.05, 4.69) is 20.3 Å². The normalized spacial score (nSPS) is 7.80. The van der Waals surface area contributed by atoms with Crippen LogP contribution in [0.3, 0.4) is 0 Å². The standard InChI is InChI=1S/C8H17.HI.Mg/c1-3-5-7-8-6-4-2;;/h3H,4-8H2,1-2H3;1H;/q-1;;+2/p-1. The fourth-order valence-corrected chi connectivity index (χ4v) is 0.775. The molecule has 0 fully saturated rings. The van der Waals surface area contributed by atoms with E-state index in [4.69, 9.17) is 0 Å². The topological polar surface area (TPSA) is 0 Å². The van der Waals surface area contributed by atoms with Crippen molar-refractivity contribution >= 4 is 23.1 Å². The number of hydrogen-bond donors (Lipinski definition) is 0. The fourth-order valence-electron chi connectivity index (χ4n) is 0.775. The Bertz CT molecular complexity index is 34.2. The zero-order valence-corrected chi connectivity index (χ0v) is 10.8. The second kappa shape index (κ2) is 16.8. The molecule has 0 aromatic heterocycles. The molecular weight excluding hydrogens is 247 g/mol. The molecule has 0 rings (SSSR count). The Balaban J connectivity index is -0.000000245. The summed E-state index contributed by atoms with van der Waals surface area (Å²) >= 11 is 0. The van der Waals surface area contributed by atoms with Crippen LogP contribution in [0.1, 0.15) is 46.0 Å². The van der Waals surface area contributed by atoms with Crippen molar-refractivity contribution in [3.05, 3.63) is 6.42 Å². The van der Waals surface area contributed by atoms with E-state index >= 15 is 0 Å². The van der Waals surface area contributed by atoms with Crippen LogP contribution in [-0.2, 0) is 0 Å². The van der Waals surface area contributed by atoms with Gasteiger partial charge in [0.05, 0.1) is 0 Å². The van der Waals surface area contributed by atoms with Crippen LogP contribution < -0.4 is 24.0 Å². The van der Waals surface area contributed by atoms with Crippen LogP contribution in [-0.4, -0.2) is 23.1 Å². The summed E-state index contributed by atoms with van der Waals surface area (Å²) < 4.78 is 0. The Hall–Kier alpha value is 1.50. The zero-order valence-electron chi connectivity index (χ0n) is 7.20. The third kappa shape index (κ3) is 16.2. The molecule has 0 bridgehead atoms. The molecule has 2 heteroatoms. The summed E-state index contributed by atoms with van der Waals surface area (Å²) in [6.07, 6.45) is 9.12. The van der Waals surface area contributed by atoms with E-state index < -0.39 is 0 Å². The smallest absolute Gasteiger partial charge is 1.00 e. The van der Waals surface area contributed by atoms with Gasteiger partial charge in [-0.1, -0.05) is 32.6 Å². The molecule has 0 N–H and O–H groups in total. The largest absolute Gasteiger partial charge is 2.00 e. The van der Waals surface area contributed by atoms with E-state index in [1.165, 1.54) is 32.1 Å². The summed E-state index contributed by atoms with van der Waals surface area (Å²) in [5, 5.41) is 0. The summed E-state index contributed by atoms with van der Waals surface area (Å²) in [7, 11) is 0. The van der Waals surface area contributed by atoms with Crippen LogP contribution in [0.4, 0.5) is 0 Å². The predicted octanol–water partition coefficient (Wildman–Crippen LogP) is -0.196. The minimum atomic E-state index is 0. The van der Waals surface area contributed by atoms with Gasteiger partial charge in [-0.2, -0.15) is 13.3 Å². The molecule has 0 spiro atoms.